The van der Waals surface area contributed by atoms with Gasteiger partial charge >= 0.3 is 0 Å². The molecule has 1 heterocycles. The first kappa shape index (κ1) is 36.9. The van der Waals surface area contributed by atoms with E-state index in [1.807, 2.05) is 12.1 Å². The first-order valence-electron chi connectivity index (χ1n) is 18.5. The number of fused-ring (bicyclic) bond motifs is 5. The van der Waals surface area contributed by atoms with Crippen LogP contribution in [-0.4, -0.2) is 47.4 Å². The van der Waals surface area contributed by atoms with E-state index in [0.29, 0.717) is 41.4 Å². The summed E-state index contributed by atoms with van der Waals surface area (Å²) in [7, 11) is 3.21. The number of benzene rings is 3. The molecular formula is C42H58O7. The first-order chi connectivity index (χ1) is 23.6. The average molecular weight is 675 g/mol. The molecular weight excluding hydrogens is 616 g/mol. The lowest BCUT2D eigenvalue weighted by Gasteiger charge is -2.38. The van der Waals surface area contributed by atoms with Crippen molar-refractivity contribution in [2.45, 2.75) is 116 Å². The molecule has 49 heavy (non-hydrogen) atoms. The average Bonchev–Trinajstić information content (AvgIpc) is 3.08. The van der Waals surface area contributed by atoms with E-state index >= 15 is 0 Å². The molecule has 3 aromatic carbocycles. The lowest BCUT2D eigenvalue weighted by molar-refractivity contribution is 0.0200. The fourth-order valence-electron chi connectivity index (χ4n) is 8.32. The number of phenolic OH excluding ortho intramolecular Hbond substituents is 2. The molecule has 7 nitrogen and oxygen atoms in total. The second kappa shape index (κ2) is 16.5. The van der Waals surface area contributed by atoms with Gasteiger partial charge in [-0.05, 0) is 114 Å². The minimum atomic E-state index is -0.812. The van der Waals surface area contributed by atoms with Crippen molar-refractivity contribution in [3.05, 3.63) is 64.2 Å². The molecule has 5 atom stereocenters. The van der Waals surface area contributed by atoms with E-state index in [1.165, 1.54) is 38.4 Å². The number of unbranched alkanes of at least 4 members (excludes halogenated alkanes) is 2. The lowest BCUT2D eigenvalue weighted by atomic mass is 9.71. The summed E-state index contributed by atoms with van der Waals surface area (Å²) in [4.78, 5) is 0. The Morgan fingerprint density at radius 2 is 1.65 bits per heavy atom. The molecule has 1 aliphatic heterocycles. The Labute approximate surface area is 293 Å². The number of hydrogen-bond donors (Lipinski definition) is 4. The Hall–Kier alpha value is -3.42. The molecule has 268 valence electrons. The van der Waals surface area contributed by atoms with Crippen molar-refractivity contribution in [1.82, 2.24) is 0 Å². The SMILES string of the molecule is CCCCCC(C)C(CCCO)CCC1Cc2cc(O)c(CC(C)C)cc2-c2c(OC)cc3c(c21)CC(O)C(c1ccc(O)c(OC)c1)O3. The van der Waals surface area contributed by atoms with Gasteiger partial charge in [0.15, 0.2) is 11.5 Å². The third-order valence-electron chi connectivity index (χ3n) is 10.9. The summed E-state index contributed by atoms with van der Waals surface area (Å²) in [6, 6.07) is 11.1. The highest BCUT2D eigenvalue weighted by Crippen LogP contribution is 2.54. The van der Waals surface area contributed by atoms with Crippen LogP contribution in [0.5, 0.6) is 28.7 Å². The first-order valence-corrected chi connectivity index (χ1v) is 18.5. The van der Waals surface area contributed by atoms with Crippen LogP contribution in [0.25, 0.3) is 11.1 Å². The normalized spacial score (nSPS) is 19.4. The van der Waals surface area contributed by atoms with Crippen LogP contribution in [0, 0.1) is 17.8 Å². The van der Waals surface area contributed by atoms with Crippen LogP contribution in [0.4, 0.5) is 0 Å². The molecule has 0 bridgehead atoms. The summed E-state index contributed by atoms with van der Waals surface area (Å²) < 4.78 is 18.1. The van der Waals surface area contributed by atoms with Gasteiger partial charge in [-0.1, -0.05) is 59.4 Å². The Balaban J connectivity index is 1.59. The molecule has 3 aromatic rings. The molecule has 0 saturated carbocycles. The molecule has 2 aliphatic rings. The Morgan fingerprint density at radius 3 is 2.35 bits per heavy atom. The van der Waals surface area contributed by atoms with Gasteiger partial charge in [-0.3, -0.25) is 0 Å². The summed E-state index contributed by atoms with van der Waals surface area (Å²) in [5.74, 6) is 3.76. The molecule has 4 N–H and O–H groups in total. The Kier molecular flexibility index (Phi) is 12.4. The lowest BCUT2D eigenvalue weighted by Crippen LogP contribution is -2.32. The van der Waals surface area contributed by atoms with Crippen molar-refractivity contribution in [1.29, 1.82) is 0 Å². The van der Waals surface area contributed by atoms with Crippen molar-refractivity contribution in [3.63, 3.8) is 0 Å². The van der Waals surface area contributed by atoms with Crippen LogP contribution in [0.15, 0.2) is 36.4 Å². The number of aromatic hydroxyl groups is 2. The zero-order valence-corrected chi connectivity index (χ0v) is 30.4. The number of aliphatic hydroxyl groups excluding tert-OH is 2. The predicted octanol–water partition coefficient (Wildman–Crippen LogP) is 9.04. The number of aliphatic hydroxyl groups is 2. The minimum absolute atomic E-state index is 0.0362. The van der Waals surface area contributed by atoms with E-state index in [2.05, 4.69) is 33.8 Å². The molecule has 0 radical (unpaired) electrons. The quantitative estimate of drug-likeness (QED) is 0.112. The molecule has 0 amide bonds. The highest BCUT2D eigenvalue weighted by atomic mass is 16.5. The zero-order valence-electron chi connectivity index (χ0n) is 30.4. The maximum Gasteiger partial charge on any atom is 0.160 e. The Morgan fingerprint density at radius 1 is 0.878 bits per heavy atom. The van der Waals surface area contributed by atoms with Crippen LogP contribution < -0.4 is 14.2 Å². The van der Waals surface area contributed by atoms with Gasteiger partial charge in [-0.25, -0.2) is 0 Å². The second-order valence-electron chi connectivity index (χ2n) is 14.9. The zero-order chi connectivity index (χ0) is 35.2. The van der Waals surface area contributed by atoms with Gasteiger partial charge in [0.1, 0.15) is 23.4 Å². The van der Waals surface area contributed by atoms with Crippen molar-refractivity contribution >= 4 is 0 Å². The number of phenols is 2. The summed E-state index contributed by atoms with van der Waals surface area (Å²) in [5.41, 5.74) is 7.11. The van der Waals surface area contributed by atoms with Crippen LogP contribution in [0.2, 0.25) is 0 Å². The van der Waals surface area contributed by atoms with E-state index in [0.717, 1.165) is 77.7 Å². The van der Waals surface area contributed by atoms with E-state index in [-0.39, 0.29) is 18.3 Å². The van der Waals surface area contributed by atoms with Crippen molar-refractivity contribution < 1.29 is 34.6 Å². The number of hydrogen-bond acceptors (Lipinski definition) is 7. The minimum Gasteiger partial charge on any atom is -0.508 e. The van der Waals surface area contributed by atoms with Gasteiger partial charge in [-0.15, -0.1) is 0 Å². The van der Waals surface area contributed by atoms with Crippen LogP contribution >= 0.6 is 0 Å². The van der Waals surface area contributed by atoms with Gasteiger partial charge in [0, 0.05) is 30.2 Å². The van der Waals surface area contributed by atoms with E-state index in [4.69, 9.17) is 14.2 Å². The maximum atomic E-state index is 11.7. The molecule has 5 unspecified atom stereocenters. The highest BCUT2D eigenvalue weighted by molar-refractivity contribution is 5.83. The predicted molar refractivity (Wildman–Crippen MR) is 195 cm³/mol. The maximum absolute atomic E-state index is 11.7. The standard InChI is InChI=1S/C42H58O7/c1-7-8-9-11-26(4)27(12-10-17-43)13-14-28-19-30-21-35(45)31(18-25(2)3)20-32(30)41-39(48-6)24-37-33(40(28)41)23-36(46)42(49-37)29-15-16-34(44)38(22-29)47-5/h15-16,20-22,24-28,36,42-46H,7-14,17-19,23H2,1-6H3. The van der Waals surface area contributed by atoms with E-state index in [9.17, 15) is 20.4 Å². The molecule has 1 aliphatic carbocycles. The summed E-state index contributed by atoms with van der Waals surface area (Å²) in [5, 5.41) is 42.8. The van der Waals surface area contributed by atoms with Gasteiger partial charge in [0.2, 0.25) is 0 Å². The monoisotopic (exact) mass is 674 g/mol. The molecule has 0 aromatic heterocycles. The number of methoxy groups -OCH3 is 2. The van der Waals surface area contributed by atoms with Gasteiger partial charge in [0.25, 0.3) is 0 Å². The fraction of sp³-hybridized carbons (Fsp3) is 0.571. The molecule has 5 rings (SSSR count). The third-order valence-corrected chi connectivity index (χ3v) is 10.9. The summed E-state index contributed by atoms with van der Waals surface area (Å²) in [6.45, 7) is 9.16. The van der Waals surface area contributed by atoms with E-state index < -0.39 is 12.2 Å². The topological polar surface area (TPSA) is 109 Å². The molecule has 0 fully saturated rings. The van der Waals surface area contributed by atoms with Crippen LogP contribution in [0.3, 0.4) is 0 Å². The van der Waals surface area contributed by atoms with Crippen molar-refractivity contribution in [3.8, 4) is 39.9 Å². The van der Waals surface area contributed by atoms with Crippen molar-refractivity contribution in [2.75, 3.05) is 20.8 Å². The number of rotatable bonds is 16. The van der Waals surface area contributed by atoms with Crippen LogP contribution in [0.1, 0.15) is 119 Å². The highest BCUT2D eigenvalue weighted by Gasteiger charge is 2.39. The Bertz CT molecular complexity index is 1560. The summed E-state index contributed by atoms with van der Waals surface area (Å²) in [6.07, 6.45) is 9.22. The van der Waals surface area contributed by atoms with Crippen molar-refractivity contribution in [2.24, 2.45) is 17.8 Å². The molecule has 7 heteroatoms. The number of ether oxygens (including phenoxy) is 3. The van der Waals surface area contributed by atoms with Gasteiger partial charge in [-0.2, -0.15) is 0 Å². The second-order valence-corrected chi connectivity index (χ2v) is 14.9. The largest absolute Gasteiger partial charge is 0.508 e. The fourth-order valence-corrected chi connectivity index (χ4v) is 8.32. The van der Waals surface area contributed by atoms with Crippen LogP contribution in [-0.2, 0) is 19.3 Å². The van der Waals surface area contributed by atoms with Gasteiger partial charge < -0.3 is 34.6 Å². The van der Waals surface area contributed by atoms with E-state index in [1.54, 1.807) is 25.3 Å². The van der Waals surface area contributed by atoms with Gasteiger partial charge in [0.05, 0.1) is 20.3 Å². The molecule has 0 saturated heterocycles. The smallest absolute Gasteiger partial charge is 0.160 e. The third kappa shape index (κ3) is 8.15. The molecule has 0 spiro atoms. The summed E-state index contributed by atoms with van der Waals surface area (Å²) >= 11 is 0.